The van der Waals surface area contributed by atoms with Crippen LogP contribution in [-0.2, 0) is 4.79 Å². The van der Waals surface area contributed by atoms with Crippen molar-refractivity contribution in [1.82, 2.24) is 5.32 Å². The summed E-state index contributed by atoms with van der Waals surface area (Å²) in [6.07, 6.45) is 2.03. The van der Waals surface area contributed by atoms with Gasteiger partial charge in [-0.2, -0.15) is 0 Å². The molecule has 0 spiro atoms. The third-order valence-electron chi connectivity index (χ3n) is 1.96. The van der Waals surface area contributed by atoms with Crippen molar-refractivity contribution in [3.8, 4) is 0 Å². The van der Waals surface area contributed by atoms with Crippen molar-refractivity contribution in [1.29, 1.82) is 0 Å². The van der Waals surface area contributed by atoms with Gasteiger partial charge in [-0.15, -0.1) is 11.3 Å². The Labute approximate surface area is 87.8 Å². The number of nitrogens with one attached hydrogen (secondary N) is 1. The number of thiophene rings is 1. The summed E-state index contributed by atoms with van der Waals surface area (Å²) in [7, 11) is 0. The fourth-order valence-corrected chi connectivity index (χ4v) is 2.17. The van der Waals surface area contributed by atoms with Gasteiger partial charge in [-0.1, -0.05) is 19.4 Å². The number of rotatable bonds is 6. The zero-order valence-electron chi connectivity index (χ0n) is 8.19. The summed E-state index contributed by atoms with van der Waals surface area (Å²) in [6, 6.07) is 4.22. The minimum absolute atomic E-state index is 0.0303. The Morgan fingerprint density at radius 3 is 3.00 bits per heavy atom. The third-order valence-corrected chi connectivity index (χ3v) is 2.95. The Morgan fingerprint density at radius 1 is 1.71 bits per heavy atom. The van der Waals surface area contributed by atoms with Crippen LogP contribution in [0.15, 0.2) is 17.5 Å². The summed E-state index contributed by atoms with van der Waals surface area (Å²) in [6.45, 7) is 2.13. The average molecular weight is 213 g/mol. The molecule has 0 saturated carbocycles. The van der Waals surface area contributed by atoms with Crippen molar-refractivity contribution in [3.63, 3.8) is 0 Å². The van der Waals surface area contributed by atoms with E-state index in [2.05, 4.69) is 12.2 Å². The van der Waals surface area contributed by atoms with Crippen LogP contribution in [0, 0.1) is 0 Å². The summed E-state index contributed by atoms with van der Waals surface area (Å²) in [5.74, 6) is -0.803. The molecule has 4 heteroatoms. The topological polar surface area (TPSA) is 49.3 Å². The van der Waals surface area contributed by atoms with Gasteiger partial charge in [0.1, 0.15) is 0 Å². The Bertz CT molecular complexity index is 272. The van der Waals surface area contributed by atoms with E-state index < -0.39 is 5.97 Å². The van der Waals surface area contributed by atoms with Crippen LogP contribution in [-0.4, -0.2) is 17.6 Å². The van der Waals surface area contributed by atoms with E-state index in [1.165, 1.54) is 4.88 Å². The summed E-state index contributed by atoms with van der Waals surface area (Å²) < 4.78 is 0. The highest BCUT2D eigenvalue weighted by Gasteiger charge is 2.11. The van der Waals surface area contributed by atoms with Gasteiger partial charge >= 0.3 is 5.97 Å². The Balaban J connectivity index is 2.51. The molecule has 78 valence electrons. The number of carboxylic acid groups (broad SMARTS) is 1. The van der Waals surface area contributed by atoms with Crippen LogP contribution in [0.25, 0.3) is 0 Å². The second kappa shape index (κ2) is 5.78. The molecule has 0 amide bonds. The van der Waals surface area contributed by atoms with Crippen LogP contribution in [0.4, 0.5) is 0 Å². The van der Waals surface area contributed by atoms with Gasteiger partial charge in [-0.05, 0) is 17.9 Å². The highest BCUT2D eigenvalue weighted by atomic mass is 32.1. The van der Waals surface area contributed by atoms with Crippen molar-refractivity contribution < 1.29 is 9.90 Å². The first-order chi connectivity index (χ1) is 6.74. The van der Waals surface area contributed by atoms with E-state index in [4.69, 9.17) is 5.11 Å². The van der Waals surface area contributed by atoms with Crippen LogP contribution in [0.5, 0.6) is 0 Å². The number of hydrogen-bond donors (Lipinski definition) is 2. The lowest BCUT2D eigenvalue weighted by Crippen LogP contribution is -2.26. The Morgan fingerprint density at radius 2 is 2.50 bits per heavy atom. The van der Waals surface area contributed by atoms with E-state index in [1.54, 1.807) is 11.3 Å². The van der Waals surface area contributed by atoms with Gasteiger partial charge in [-0.25, -0.2) is 0 Å². The summed E-state index contributed by atoms with van der Waals surface area (Å²) in [5, 5.41) is 13.6. The van der Waals surface area contributed by atoms with Gasteiger partial charge in [-0.3, -0.25) is 10.1 Å². The molecule has 0 fully saturated rings. The first-order valence-electron chi connectivity index (χ1n) is 4.72. The maximum absolute atomic E-state index is 10.4. The maximum Gasteiger partial charge on any atom is 0.317 e. The Kier molecular flexibility index (Phi) is 4.62. The molecule has 0 saturated heterocycles. The molecule has 0 bridgehead atoms. The lowest BCUT2D eigenvalue weighted by molar-refractivity contribution is -0.136. The van der Waals surface area contributed by atoms with Crippen LogP contribution >= 0.6 is 11.3 Å². The van der Waals surface area contributed by atoms with Crippen molar-refractivity contribution in [3.05, 3.63) is 22.4 Å². The van der Waals surface area contributed by atoms with Crippen LogP contribution in [0.2, 0.25) is 0 Å². The van der Waals surface area contributed by atoms with E-state index in [1.807, 2.05) is 17.5 Å². The van der Waals surface area contributed by atoms with E-state index >= 15 is 0 Å². The third kappa shape index (κ3) is 3.47. The van der Waals surface area contributed by atoms with Crippen molar-refractivity contribution in [2.75, 3.05) is 6.54 Å². The van der Waals surface area contributed by atoms with Crippen LogP contribution in [0.3, 0.4) is 0 Å². The van der Waals surface area contributed by atoms with Gasteiger partial charge in [0.25, 0.3) is 0 Å². The standard InChI is InChI=1S/C10H15NO2S/c1-2-4-8(11-7-10(12)13)9-5-3-6-14-9/h3,5-6,8,11H,2,4,7H2,1H3,(H,12,13). The molecule has 1 aromatic heterocycles. The smallest absolute Gasteiger partial charge is 0.317 e. The first kappa shape index (κ1) is 11.2. The number of aliphatic carboxylic acids is 1. The number of carbonyl (C=O) groups is 1. The minimum atomic E-state index is -0.803. The molecule has 0 aliphatic carbocycles. The largest absolute Gasteiger partial charge is 0.480 e. The summed E-state index contributed by atoms with van der Waals surface area (Å²) in [5.41, 5.74) is 0. The highest BCUT2D eigenvalue weighted by molar-refractivity contribution is 7.10. The fraction of sp³-hybridized carbons (Fsp3) is 0.500. The van der Waals surface area contributed by atoms with Gasteiger partial charge in [0, 0.05) is 10.9 Å². The molecular formula is C10H15NO2S. The van der Waals surface area contributed by atoms with Gasteiger partial charge < -0.3 is 5.11 Å². The quantitative estimate of drug-likeness (QED) is 0.762. The molecule has 3 nitrogen and oxygen atoms in total. The zero-order valence-corrected chi connectivity index (χ0v) is 9.01. The van der Waals surface area contributed by atoms with E-state index in [-0.39, 0.29) is 12.6 Å². The Hall–Kier alpha value is -0.870. The number of hydrogen-bond acceptors (Lipinski definition) is 3. The maximum atomic E-state index is 10.4. The summed E-state index contributed by atoms with van der Waals surface area (Å²) >= 11 is 1.67. The zero-order chi connectivity index (χ0) is 10.4. The van der Waals surface area contributed by atoms with Gasteiger partial charge in [0.15, 0.2) is 0 Å². The van der Waals surface area contributed by atoms with Crippen LogP contribution in [0.1, 0.15) is 30.7 Å². The predicted molar refractivity (Wildman–Crippen MR) is 57.6 cm³/mol. The molecule has 0 aliphatic rings. The molecule has 1 rings (SSSR count). The molecular weight excluding hydrogens is 198 g/mol. The van der Waals surface area contributed by atoms with Crippen LogP contribution < -0.4 is 5.32 Å². The lowest BCUT2D eigenvalue weighted by Gasteiger charge is -2.14. The van der Waals surface area contributed by atoms with E-state index in [0.29, 0.717) is 0 Å². The lowest BCUT2D eigenvalue weighted by atomic mass is 10.1. The minimum Gasteiger partial charge on any atom is -0.480 e. The monoisotopic (exact) mass is 213 g/mol. The molecule has 2 N–H and O–H groups in total. The van der Waals surface area contributed by atoms with E-state index in [0.717, 1.165) is 12.8 Å². The fourth-order valence-electron chi connectivity index (χ4n) is 1.33. The molecule has 0 radical (unpaired) electrons. The van der Waals surface area contributed by atoms with Crippen molar-refractivity contribution in [2.45, 2.75) is 25.8 Å². The van der Waals surface area contributed by atoms with Crippen molar-refractivity contribution in [2.24, 2.45) is 0 Å². The molecule has 0 aromatic carbocycles. The molecule has 1 atom stereocenters. The second-order valence-electron chi connectivity index (χ2n) is 3.13. The molecule has 1 heterocycles. The summed E-state index contributed by atoms with van der Waals surface area (Å²) in [4.78, 5) is 11.6. The molecule has 1 aromatic rings. The normalized spacial score (nSPS) is 12.6. The van der Waals surface area contributed by atoms with Gasteiger partial charge in [0.05, 0.1) is 6.54 Å². The molecule has 14 heavy (non-hydrogen) atoms. The highest BCUT2D eigenvalue weighted by Crippen LogP contribution is 2.22. The number of carboxylic acids is 1. The van der Waals surface area contributed by atoms with Crippen molar-refractivity contribution >= 4 is 17.3 Å². The predicted octanol–water partition coefficient (Wildman–Crippen LogP) is 2.26. The second-order valence-corrected chi connectivity index (χ2v) is 4.11. The molecule has 0 aliphatic heterocycles. The van der Waals surface area contributed by atoms with E-state index in [9.17, 15) is 4.79 Å². The average Bonchev–Trinajstić information content (AvgIpc) is 2.64. The van der Waals surface area contributed by atoms with Gasteiger partial charge in [0.2, 0.25) is 0 Å². The molecule has 1 unspecified atom stereocenters. The first-order valence-corrected chi connectivity index (χ1v) is 5.60. The SMILES string of the molecule is CCCC(NCC(=O)O)c1cccs1.